The fourth-order valence-corrected chi connectivity index (χ4v) is 2.36. The molecule has 0 spiro atoms. The predicted octanol–water partition coefficient (Wildman–Crippen LogP) is 3.02. The lowest BCUT2D eigenvalue weighted by molar-refractivity contribution is 0.829. The minimum atomic E-state index is 0.472. The van der Waals surface area contributed by atoms with E-state index in [2.05, 4.69) is 9.97 Å². The zero-order valence-corrected chi connectivity index (χ0v) is 11.2. The number of aromatic nitrogens is 3. The van der Waals surface area contributed by atoms with Gasteiger partial charge in [-0.25, -0.2) is 4.98 Å². The molecule has 3 rings (SSSR count). The molecule has 3 aromatic rings. The van der Waals surface area contributed by atoms with Crippen LogP contribution in [0.3, 0.4) is 0 Å². The number of nitrogens with two attached hydrogens (primary N) is 1. The van der Waals surface area contributed by atoms with Gasteiger partial charge in [0.1, 0.15) is 5.52 Å². The van der Waals surface area contributed by atoms with E-state index >= 15 is 0 Å². The molecule has 0 aliphatic rings. The molecule has 0 saturated carbocycles. The van der Waals surface area contributed by atoms with Crippen LogP contribution in [0, 0.1) is 6.92 Å². The van der Waals surface area contributed by atoms with Crippen LogP contribution in [0.4, 0.5) is 5.95 Å². The number of aryl methyl sites for hydroxylation is 1. The molecule has 4 nitrogen and oxygen atoms in total. The highest BCUT2D eigenvalue weighted by molar-refractivity contribution is 6.35. The van der Waals surface area contributed by atoms with Gasteiger partial charge in [0, 0.05) is 12.4 Å². The first-order chi connectivity index (χ1) is 9.16. The molecule has 0 aliphatic carbocycles. The second kappa shape index (κ2) is 4.55. The van der Waals surface area contributed by atoms with E-state index in [1.54, 1.807) is 6.20 Å². The summed E-state index contributed by atoms with van der Waals surface area (Å²) < 4.78 is 1.96. The van der Waals surface area contributed by atoms with Gasteiger partial charge in [0.25, 0.3) is 0 Å². The largest absolute Gasteiger partial charge is 0.369 e. The molecular weight excluding hydrogens is 260 g/mol. The van der Waals surface area contributed by atoms with E-state index in [1.807, 2.05) is 42.0 Å². The van der Waals surface area contributed by atoms with E-state index in [9.17, 15) is 0 Å². The molecule has 19 heavy (non-hydrogen) atoms. The van der Waals surface area contributed by atoms with Gasteiger partial charge < -0.3 is 10.3 Å². The quantitative estimate of drug-likeness (QED) is 0.780. The van der Waals surface area contributed by atoms with Crippen molar-refractivity contribution in [1.29, 1.82) is 0 Å². The summed E-state index contributed by atoms with van der Waals surface area (Å²) in [5.74, 6) is 0.472. The smallest absolute Gasteiger partial charge is 0.201 e. The Morgan fingerprint density at radius 3 is 2.95 bits per heavy atom. The minimum absolute atomic E-state index is 0.472. The fourth-order valence-electron chi connectivity index (χ4n) is 2.15. The van der Waals surface area contributed by atoms with Gasteiger partial charge in [-0.2, -0.15) is 0 Å². The number of benzene rings is 1. The van der Waals surface area contributed by atoms with Crippen molar-refractivity contribution in [3.63, 3.8) is 0 Å². The summed E-state index contributed by atoms with van der Waals surface area (Å²) in [5.41, 5.74) is 9.99. The van der Waals surface area contributed by atoms with Crippen LogP contribution in [0.1, 0.15) is 11.1 Å². The Morgan fingerprint density at radius 2 is 2.16 bits per heavy atom. The van der Waals surface area contributed by atoms with Gasteiger partial charge in [-0.1, -0.05) is 17.7 Å². The highest BCUT2D eigenvalue weighted by atomic mass is 35.5. The summed E-state index contributed by atoms with van der Waals surface area (Å²) in [4.78, 5) is 8.43. The Bertz CT molecular complexity index is 748. The number of nitrogens with zero attached hydrogens (tertiary/aromatic N) is 3. The number of rotatable bonds is 2. The third kappa shape index (κ3) is 2.04. The van der Waals surface area contributed by atoms with Crippen molar-refractivity contribution in [2.24, 2.45) is 0 Å². The molecule has 2 N–H and O–H groups in total. The first-order valence-corrected chi connectivity index (χ1v) is 6.34. The van der Waals surface area contributed by atoms with Crippen molar-refractivity contribution >= 4 is 28.6 Å². The molecule has 0 aliphatic heterocycles. The average Bonchev–Trinajstić information content (AvgIpc) is 2.71. The van der Waals surface area contributed by atoms with Gasteiger partial charge in [-0.15, -0.1) is 0 Å². The van der Waals surface area contributed by atoms with E-state index in [0.29, 0.717) is 17.5 Å². The van der Waals surface area contributed by atoms with Gasteiger partial charge in [-0.3, -0.25) is 4.98 Å². The molecule has 0 saturated heterocycles. The van der Waals surface area contributed by atoms with Crippen LogP contribution in [0.5, 0.6) is 0 Å². The Balaban J connectivity index is 2.13. The molecule has 0 amide bonds. The van der Waals surface area contributed by atoms with Crippen LogP contribution < -0.4 is 5.73 Å². The maximum Gasteiger partial charge on any atom is 0.201 e. The van der Waals surface area contributed by atoms with Crippen molar-refractivity contribution in [3.8, 4) is 0 Å². The first kappa shape index (κ1) is 12.0. The molecule has 0 fully saturated rings. The summed E-state index contributed by atoms with van der Waals surface area (Å²) in [5, 5.41) is 0.620. The number of pyridine rings is 1. The summed E-state index contributed by atoms with van der Waals surface area (Å²) in [6.45, 7) is 2.70. The van der Waals surface area contributed by atoms with Gasteiger partial charge in [0.2, 0.25) is 5.95 Å². The number of fused-ring (bicyclic) bond motifs is 1. The SMILES string of the molecule is Cc1cnccc1Cn1c(N)nc2c(Cl)cccc21. The Labute approximate surface area is 115 Å². The molecular formula is C14H13ClN4. The monoisotopic (exact) mass is 272 g/mol. The third-order valence-corrected chi connectivity index (χ3v) is 3.53. The highest BCUT2D eigenvalue weighted by Gasteiger charge is 2.11. The second-order valence-electron chi connectivity index (χ2n) is 4.47. The molecule has 1 aromatic carbocycles. The Morgan fingerprint density at radius 1 is 1.32 bits per heavy atom. The van der Waals surface area contributed by atoms with Crippen molar-refractivity contribution in [1.82, 2.24) is 14.5 Å². The Hall–Kier alpha value is -2.07. The van der Waals surface area contributed by atoms with Crippen LogP contribution in [0.2, 0.25) is 5.02 Å². The van der Waals surface area contributed by atoms with E-state index in [1.165, 1.54) is 5.56 Å². The molecule has 0 unspecified atom stereocenters. The van der Waals surface area contributed by atoms with Gasteiger partial charge in [0.05, 0.1) is 17.1 Å². The number of para-hydroxylation sites is 1. The summed E-state index contributed by atoms with van der Waals surface area (Å²) in [6, 6.07) is 7.69. The molecule has 0 radical (unpaired) electrons. The molecule has 0 atom stereocenters. The van der Waals surface area contributed by atoms with E-state index in [-0.39, 0.29) is 0 Å². The van der Waals surface area contributed by atoms with Crippen LogP contribution in [-0.2, 0) is 6.54 Å². The normalized spacial score (nSPS) is 11.1. The maximum absolute atomic E-state index is 6.14. The van der Waals surface area contributed by atoms with Gasteiger partial charge in [-0.05, 0) is 36.2 Å². The lowest BCUT2D eigenvalue weighted by Crippen LogP contribution is -2.05. The van der Waals surface area contributed by atoms with E-state index in [0.717, 1.165) is 16.6 Å². The zero-order chi connectivity index (χ0) is 13.4. The van der Waals surface area contributed by atoms with E-state index in [4.69, 9.17) is 17.3 Å². The predicted molar refractivity (Wildman–Crippen MR) is 77.2 cm³/mol. The fraction of sp³-hybridized carbons (Fsp3) is 0.143. The number of nitrogen functional groups attached to an aromatic ring is 1. The van der Waals surface area contributed by atoms with Gasteiger partial charge >= 0.3 is 0 Å². The maximum atomic E-state index is 6.14. The second-order valence-corrected chi connectivity index (χ2v) is 4.87. The lowest BCUT2D eigenvalue weighted by Gasteiger charge is -2.08. The van der Waals surface area contributed by atoms with Crippen LogP contribution in [0.15, 0.2) is 36.7 Å². The van der Waals surface area contributed by atoms with Crippen LogP contribution in [-0.4, -0.2) is 14.5 Å². The molecule has 2 heterocycles. The van der Waals surface area contributed by atoms with Crippen LogP contribution in [0.25, 0.3) is 11.0 Å². The molecule has 2 aromatic heterocycles. The number of imidazole rings is 1. The topological polar surface area (TPSA) is 56.7 Å². The number of hydrogen-bond donors (Lipinski definition) is 1. The minimum Gasteiger partial charge on any atom is -0.369 e. The summed E-state index contributed by atoms with van der Waals surface area (Å²) >= 11 is 6.14. The zero-order valence-electron chi connectivity index (χ0n) is 10.5. The summed E-state index contributed by atoms with van der Waals surface area (Å²) in [7, 11) is 0. The van der Waals surface area contributed by atoms with Crippen molar-refractivity contribution < 1.29 is 0 Å². The van der Waals surface area contributed by atoms with E-state index < -0.39 is 0 Å². The van der Waals surface area contributed by atoms with Gasteiger partial charge in [0.15, 0.2) is 0 Å². The molecule has 96 valence electrons. The lowest BCUT2D eigenvalue weighted by atomic mass is 10.1. The number of halogens is 1. The first-order valence-electron chi connectivity index (χ1n) is 5.96. The standard InChI is InChI=1S/C14H13ClN4/c1-9-7-17-6-5-10(9)8-19-12-4-2-3-11(15)13(12)18-14(19)16/h2-7H,8H2,1H3,(H2,16,18). The highest BCUT2D eigenvalue weighted by Crippen LogP contribution is 2.26. The molecule has 0 bridgehead atoms. The van der Waals surface area contributed by atoms with Crippen molar-refractivity contribution in [2.75, 3.05) is 5.73 Å². The molecule has 5 heteroatoms. The third-order valence-electron chi connectivity index (χ3n) is 3.22. The number of hydrogen-bond acceptors (Lipinski definition) is 3. The van der Waals surface area contributed by atoms with Crippen LogP contribution >= 0.6 is 11.6 Å². The number of anilines is 1. The van der Waals surface area contributed by atoms with Crippen molar-refractivity contribution in [2.45, 2.75) is 13.5 Å². The van der Waals surface area contributed by atoms with Crippen molar-refractivity contribution in [3.05, 3.63) is 52.8 Å². The average molecular weight is 273 g/mol. The Kier molecular flexibility index (Phi) is 2.87. The summed E-state index contributed by atoms with van der Waals surface area (Å²) in [6.07, 6.45) is 3.63.